The Morgan fingerprint density at radius 2 is 0.734 bits per heavy atom. The van der Waals surface area contributed by atoms with E-state index in [-0.39, 0.29) is 72.7 Å². The molecule has 10 aromatic rings. The van der Waals surface area contributed by atoms with Gasteiger partial charge in [-0.3, -0.25) is 49.5 Å². The molecule has 0 saturated carbocycles. The van der Waals surface area contributed by atoms with Gasteiger partial charge in [0.1, 0.15) is 45.9 Å². The Morgan fingerprint density at radius 1 is 0.394 bits per heavy atom. The average molecular weight is 1490 g/mol. The van der Waals surface area contributed by atoms with Crippen molar-refractivity contribution in [2.45, 2.75) is 159 Å². The van der Waals surface area contributed by atoms with Gasteiger partial charge >= 0.3 is 0 Å². The highest BCUT2D eigenvalue weighted by molar-refractivity contribution is 5.94. The first-order valence-electron chi connectivity index (χ1n) is 37.6. The molecule has 2 fully saturated rings. The summed E-state index contributed by atoms with van der Waals surface area (Å²) in [5.41, 5.74) is 11.1. The third-order valence-corrected chi connectivity index (χ3v) is 18.3. The topological polar surface area (TPSA) is 263 Å². The van der Waals surface area contributed by atoms with Gasteiger partial charge in [0.05, 0.1) is 26.4 Å². The molecule has 2 saturated heterocycles. The summed E-state index contributed by atoms with van der Waals surface area (Å²) < 4.78 is 52.2. The van der Waals surface area contributed by atoms with E-state index in [2.05, 4.69) is 103 Å². The van der Waals surface area contributed by atoms with Crippen LogP contribution in [0.2, 0.25) is 0 Å². The molecule has 1 unspecified atom stereocenters. The van der Waals surface area contributed by atoms with Gasteiger partial charge in [0.25, 0.3) is 29.5 Å². The molecule has 0 aliphatic carbocycles. The summed E-state index contributed by atoms with van der Waals surface area (Å²) in [6.07, 6.45) is 8.37. The second-order valence-electron chi connectivity index (χ2n) is 28.0. The average Bonchev–Trinajstić information content (AvgIpc) is 1.86. The molecule has 25 heteroatoms. The fraction of sp³-hybridized carbons (Fsp3) is 0.405. The molecule has 5 amide bonds. The molecule has 0 bridgehead atoms. The summed E-state index contributed by atoms with van der Waals surface area (Å²) in [4.78, 5) is 72.0. The largest absolute Gasteiger partial charge is 0.381 e. The van der Waals surface area contributed by atoms with Crippen LogP contribution in [-0.2, 0) is 42.2 Å². The first-order valence-corrected chi connectivity index (χ1v) is 37.6. The number of amides is 5. The number of hydrogen-bond acceptors (Lipinski definition) is 12. The molecular formula is C84H106F3N15O7. The van der Waals surface area contributed by atoms with E-state index in [1.807, 2.05) is 93.8 Å². The Hall–Kier alpha value is -10.8. The highest BCUT2D eigenvalue weighted by Gasteiger charge is 2.30. The first-order chi connectivity index (χ1) is 52.6. The number of aromatic nitrogens is 10. The van der Waals surface area contributed by atoms with Crippen molar-refractivity contribution >= 4 is 29.5 Å². The molecule has 2 aliphatic heterocycles. The highest BCUT2D eigenvalue weighted by atomic mass is 19.1. The number of nitrogens with zero attached hydrogens (tertiary/aromatic N) is 10. The van der Waals surface area contributed by atoms with Gasteiger partial charge in [-0.1, -0.05) is 162 Å². The zero-order valence-electron chi connectivity index (χ0n) is 64.6. The second kappa shape index (κ2) is 43.3. The van der Waals surface area contributed by atoms with Crippen molar-refractivity contribution in [3.63, 3.8) is 0 Å². The van der Waals surface area contributed by atoms with Crippen molar-refractivity contribution in [2.75, 3.05) is 52.6 Å². The quantitative estimate of drug-likeness (QED) is 0.0263. The molecular weight excluding hydrogens is 1390 g/mol. The number of nitrogens with one attached hydrogen (secondary N) is 5. The fourth-order valence-corrected chi connectivity index (χ4v) is 12.1. The summed E-state index contributed by atoms with van der Waals surface area (Å²) >= 11 is 0. The maximum Gasteiger partial charge on any atom is 0.274 e. The standard InChI is InChI=1S/C17H20FN3O2.C17H22FN3O.2C17H23N3O.C16H18FN3O2/c1-11-3-4-14(15(18)5-11)8-21(7-13-9-23-10-13)17(22)16-6-12(2)19-20-16;1-3-4-7-10-21(12-14-8-5-6-9-15(14)18)17(22)16-11-13(2)19-20-16;1-4-8-14(3)20(12-15-9-6-5-7-10-15)17(21)16-11-13(2)18-19-16;1-3-4-8-11-20(13-15-9-6-5-7-10-15)17(21)16-12-14(2)18-19-16;1-11-6-15(19-18-11)16(21)20(7-12-9-22-10-12)8-13-4-2-3-5-14(13)17/h3-6,13H,7-10H2,1-2H3,(H,19,20);5-6,8-9,11H,3-4,7,10,12H2,1-2H3,(H,19,20);5-7,9-11,14H,4,8,12H2,1-3H3,(H,18,19);5-7,9-10,12H,3-4,8,11,13H2,1-2H3,(H,18,19);2-6,12H,7-10H2,1H3,(H,18,19). The summed E-state index contributed by atoms with van der Waals surface area (Å²) in [6, 6.07) is 47.3. The van der Waals surface area contributed by atoms with E-state index < -0.39 is 0 Å². The van der Waals surface area contributed by atoms with Crippen LogP contribution in [0.4, 0.5) is 13.2 Å². The molecule has 580 valence electrons. The number of aromatic amines is 5. The lowest BCUT2D eigenvalue weighted by Crippen LogP contribution is -2.42. The minimum atomic E-state index is -0.302. The first kappa shape index (κ1) is 83.8. The molecule has 2 aliphatic rings. The number of ether oxygens (including phenoxy) is 2. The molecule has 12 rings (SSSR count). The molecule has 7 heterocycles. The van der Waals surface area contributed by atoms with Crippen LogP contribution in [0.5, 0.6) is 0 Å². The Bertz CT molecular complexity index is 4430. The second-order valence-corrected chi connectivity index (χ2v) is 28.0. The predicted octanol–water partition coefficient (Wildman–Crippen LogP) is 15.4. The number of carbonyl (C=O) groups excluding carboxylic acids is 5. The van der Waals surface area contributed by atoms with Crippen molar-refractivity contribution in [1.29, 1.82) is 0 Å². The van der Waals surface area contributed by atoms with Gasteiger partial charge in [0, 0.05) is 122 Å². The highest BCUT2D eigenvalue weighted by Crippen LogP contribution is 2.23. The molecule has 1 atom stereocenters. The van der Waals surface area contributed by atoms with E-state index in [1.165, 1.54) is 18.2 Å². The number of unbranched alkanes of at least 4 members (excludes halogenated alkanes) is 4. The summed E-state index contributed by atoms with van der Waals surface area (Å²) in [7, 11) is 0. The number of H-pyrrole nitrogens is 5. The third-order valence-electron chi connectivity index (χ3n) is 18.3. The minimum absolute atomic E-state index is 0.000642. The van der Waals surface area contributed by atoms with Crippen molar-refractivity contribution in [1.82, 2.24) is 75.5 Å². The monoisotopic (exact) mass is 1490 g/mol. The third kappa shape index (κ3) is 26.5. The smallest absolute Gasteiger partial charge is 0.274 e. The van der Waals surface area contributed by atoms with Crippen molar-refractivity contribution in [3.8, 4) is 0 Å². The van der Waals surface area contributed by atoms with Crippen LogP contribution in [0.1, 0.15) is 193 Å². The number of benzene rings is 5. The Labute approximate surface area is 638 Å². The Morgan fingerprint density at radius 3 is 1.07 bits per heavy atom. The number of rotatable bonds is 30. The van der Waals surface area contributed by atoms with E-state index >= 15 is 0 Å². The molecule has 5 N–H and O–H groups in total. The normalized spacial score (nSPS) is 12.6. The zero-order valence-corrected chi connectivity index (χ0v) is 64.6. The molecule has 109 heavy (non-hydrogen) atoms. The number of hydrogen-bond donors (Lipinski definition) is 5. The maximum atomic E-state index is 14.1. The Balaban J connectivity index is 0.000000172. The minimum Gasteiger partial charge on any atom is -0.381 e. The molecule has 0 radical (unpaired) electrons. The summed E-state index contributed by atoms with van der Waals surface area (Å²) in [6.45, 7) is 26.7. The van der Waals surface area contributed by atoms with Gasteiger partial charge in [-0.25, -0.2) is 13.2 Å². The van der Waals surface area contributed by atoms with Gasteiger partial charge in [-0.2, -0.15) is 25.5 Å². The fourth-order valence-electron chi connectivity index (χ4n) is 12.1. The molecule has 0 spiro atoms. The van der Waals surface area contributed by atoms with E-state index in [0.717, 1.165) is 103 Å². The van der Waals surface area contributed by atoms with Gasteiger partial charge in [0.15, 0.2) is 0 Å². The summed E-state index contributed by atoms with van der Waals surface area (Å²) in [5, 5.41) is 34.2. The Kier molecular flexibility index (Phi) is 33.3. The van der Waals surface area contributed by atoms with Gasteiger partial charge in [-0.15, -0.1) is 0 Å². The number of halogens is 3. The van der Waals surface area contributed by atoms with Crippen LogP contribution in [0, 0.1) is 70.8 Å². The van der Waals surface area contributed by atoms with E-state index in [1.54, 1.807) is 87.5 Å². The number of aryl methyl sites for hydroxylation is 6. The lowest BCUT2D eigenvalue weighted by atomic mass is 10.1. The lowest BCUT2D eigenvalue weighted by molar-refractivity contribution is -0.0444. The van der Waals surface area contributed by atoms with Crippen LogP contribution in [0.3, 0.4) is 0 Å². The van der Waals surface area contributed by atoms with Crippen molar-refractivity contribution in [3.05, 3.63) is 265 Å². The van der Waals surface area contributed by atoms with Crippen LogP contribution in [-0.4, -0.2) is 164 Å². The van der Waals surface area contributed by atoms with E-state index in [0.29, 0.717) is 116 Å². The zero-order chi connectivity index (χ0) is 78.2. The van der Waals surface area contributed by atoms with Crippen molar-refractivity contribution in [2.24, 2.45) is 11.8 Å². The SMILES string of the molecule is CCCC(C)N(Cc1ccccc1)C(=O)c1cc(C)[nH]n1.CCCCCN(Cc1ccccc1)C(=O)c1cc(C)[nH]n1.CCCCCN(Cc1ccccc1F)C(=O)c1cc(C)[nH]n1.Cc1cc(C(=O)N(Cc2ccccc2F)CC2COC2)n[nH]1.Cc1ccc(CN(CC2COC2)C(=O)c2cc(C)[nH]n2)c(F)c1. The van der Waals surface area contributed by atoms with Crippen molar-refractivity contribution < 1.29 is 46.6 Å². The van der Waals surface area contributed by atoms with Gasteiger partial charge < -0.3 is 34.0 Å². The number of carbonyl (C=O) groups is 5. The maximum absolute atomic E-state index is 14.1. The van der Waals surface area contributed by atoms with Gasteiger partial charge in [-0.05, 0) is 133 Å². The van der Waals surface area contributed by atoms with E-state index in [9.17, 15) is 37.1 Å². The van der Waals surface area contributed by atoms with Crippen LogP contribution >= 0.6 is 0 Å². The van der Waals surface area contributed by atoms with Crippen LogP contribution < -0.4 is 0 Å². The molecule has 5 aromatic carbocycles. The lowest BCUT2D eigenvalue weighted by Gasteiger charge is -2.32. The van der Waals surface area contributed by atoms with Gasteiger partial charge in [0.2, 0.25) is 0 Å². The summed E-state index contributed by atoms with van der Waals surface area (Å²) in [5.74, 6) is -0.834. The van der Waals surface area contributed by atoms with Crippen LogP contribution in [0.15, 0.2) is 158 Å². The van der Waals surface area contributed by atoms with Crippen LogP contribution in [0.25, 0.3) is 0 Å². The molecule has 22 nitrogen and oxygen atoms in total. The molecule has 5 aromatic heterocycles. The van der Waals surface area contributed by atoms with E-state index in [4.69, 9.17) is 9.47 Å². The predicted molar refractivity (Wildman–Crippen MR) is 414 cm³/mol.